The van der Waals surface area contributed by atoms with Gasteiger partial charge in [-0.1, -0.05) is 24.3 Å². The van der Waals surface area contributed by atoms with E-state index in [0.717, 1.165) is 19.3 Å². The van der Waals surface area contributed by atoms with Gasteiger partial charge in [0.05, 0.1) is 23.9 Å². The number of H-pyrrole nitrogens is 1. The zero-order chi connectivity index (χ0) is 19.6. The van der Waals surface area contributed by atoms with Crippen molar-refractivity contribution in [2.45, 2.75) is 59.0 Å². The molecule has 1 aliphatic rings. The van der Waals surface area contributed by atoms with E-state index in [2.05, 4.69) is 34.6 Å². The fraction of sp³-hybridized carbons (Fsp3) is 0.455. The standard InChI is InChI=1S/C22H28N2O3/c1-5-27-22(26)19-13(2)20(24-14(19)3)21(25)15(4)23-18-12-8-10-16-9-6-7-11-17(16)18/h6-7,9,11,15,18,23-24H,5,8,10,12H2,1-4H3/t15-,18-/m1/s1. The summed E-state index contributed by atoms with van der Waals surface area (Å²) >= 11 is 0. The number of rotatable bonds is 6. The fourth-order valence-electron chi connectivity index (χ4n) is 4.03. The van der Waals surface area contributed by atoms with E-state index in [9.17, 15) is 9.59 Å². The lowest BCUT2D eigenvalue weighted by Crippen LogP contribution is -2.38. The van der Waals surface area contributed by atoms with Crippen molar-refractivity contribution in [3.63, 3.8) is 0 Å². The minimum atomic E-state index is -0.385. The summed E-state index contributed by atoms with van der Waals surface area (Å²) in [5, 5.41) is 3.50. The van der Waals surface area contributed by atoms with E-state index >= 15 is 0 Å². The molecule has 0 saturated heterocycles. The molecule has 0 aliphatic heterocycles. The molecule has 0 saturated carbocycles. The van der Waals surface area contributed by atoms with Crippen molar-refractivity contribution in [1.82, 2.24) is 10.3 Å². The third-order valence-corrected chi connectivity index (χ3v) is 5.38. The number of ketones is 1. The van der Waals surface area contributed by atoms with Crippen molar-refractivity contribution in [3.05, 3.63) is 57.9 Å². The van der Waals surface area contributed by atoms with Gasteiger partial charge in [0.15, 0.2) is 5.78 Å². The second kappa shape index (κ2) is 8.09. The molecule has 1 aromatic heterocycles. The van der Waals surface area contributed by atoms with Gasteiger partial charge in [-0.05, 0) is 63.6 Å². The van der Waals surface area contributed by atoms with Crippen molar-refractivity contribution in [2.75, 3.05) is 6.61 Å². The molecule has 0 spiro atoms. The van der Waals surface area contributed by atoms with E-state index in [4.69, 9.17) is 4.74 Å². The Morgan fingerprint density at radius 1 is 1.30 bits per heavy atom. The summed E-state index contributed by atoms with van der Waals surface area (Å²) < 4.78 is 5.12. The molecule has 0 amide bonds. The van der Waals surface area contributed by atoms with Crippen LogP contribution in [-0.4, -0.2) is 29.4 Å². The Labute approximate surface area is 160 Å². The Kier molecular flexibility index (Phi) is 5.80. The average molecular weight is 368 g/mol. The molecule has 27 heavy (non-hydrogen) atoms. The number of benzene rings is 1. The third-order valence-electron chi connectivity index (χ3n) is 5.38. The van der Waals surface area contributed by atoms with E-state index in [0.29, 0.717) is 29.1 Å². The average Bonchev–Trinajstić information content (AvgIpc) is 2.95. The molecule has 5 nitrogen and oxygen atoms in total. The Bertz CT molecular complexity index is 853. The molecule has 144 valence electrons. The molecule has 2 atom stereocenters. The van der Waals surface area contributed by atoms with E-state index < -0.39 is 0 Å². The number of hydrogen-bond acceptors (Lipinski definition) is 4. The normalized spacial score (nSPS) is 17.3. The van der Waals surface area contributed by atoms with Crippen LogP contribution in [0.3, 0.4) is 0 Å². The van der Waals surface area contributed by atoms with Crippen LogP contribution in [0.2, 0.25) is 0 Å². The molecule has 0 unspecified atom stereocenters. The Morgan fingerprint density at radius 2 is 2.04 bits per heavy atom. The highest BCUT2D eigenvalue weighted by Crippen LogP contribution is 2.30. The second-order valence-corrected chi connectivity index (χ2v) is 7.24. The Morgan fingerprint density at radius 3 is 2.78 bits per heavy atom. The molecule has 0 fully saturated rings. The monoisotopic (exact) mass is 368 g/mol. The topological polar surface area (TPSA) is 71.2 Å². The summed E-state index contributed by atoms with van der Waals surface area (Å²) in [5.74, 6) is -0.418. The number of aryl methyl sites for hydroxylation is 2. The molecule has 2 aromatic rings. The van der Waals surface area contributed by atoms with Gasteiger partial charge in [-0.2, -0.15) is 0 Å². The van der Waals surface area contributed by atoms with Gasteiger partial charge in [0.2, 0.25) is 0 Å². The minimum Gasteiger partial charge on any atom is -0.462 e. The quantitative estimate of drug-likeness (QED) is 0.596. The largest absolute Gasteiger partial charge is 0.462 e. The lowest BCUT2D eigenvalue weighted by atomic mass is 9.87. The molecule has 5 heteroatoms. The fourth-order valence-corrected chi connectivity index (χ4v) is 4.03. The van der Waals surface area contributed by atoms with Gasteiger partial charge in [0, 0.05) is 11.7 Å². The number of carbonyl (C=O) groups is 2. The van der Waals surface area contributed by atoms with Gasteiger partial charge in [0.1, 0.15) is 0 Å². The number of carbonyl (C=O) groups excluding carboxylic acids is 2. The van der Waals surface area contributed by atoms with Crippen LogP contribution in [0.15, 0.2) is 24.3 Å². The number of aromatic amines is 1. The van der Waals surface area contributed by atoms with E-state index in [-0.39, 0.29) is 23.8 Å². The minimum absolute atomic E-state index is 0.0331. The van der Waals surface area contributed by atoms with Crippen LogP contribution in [0.1, 0.15) is 76.0 Å². The number of hydrogen-bond donors (Lipinski definition) is 2. The predicted molar refractivity (Wildman–Crippen MR) is 105 cm³/mol. The smallest absolute Gasteiger partial charge is 0.340 e. The number of Topliss-reactive ketones (excluding diaryl/α,β-unsaturated/α-hetero) is 1. The number of aromatic nitrogens is 1. The summed E-state index contributed by atoms with van der Waals surface area (Å²) in [5.41, 5.74) is 4.93. The summed E-state index contributed by atoms with van der Waals surface area (Å²) in [6, 6.07) is 8.25. The predicted octanol–water partition coefficient (Wildman–Crippen LogP) is 4.05. The van der Waals surface area contributed by atoms with Crippen LogP contribution in [0.5, 0.6) is 0 Å². The van der Waals surface area contributed by atoms with Gasteiger partial charge in [-0.25, -0.2) is 4.79 Å². The van der Waals surface area contributed by atoms with E-state index in [1.807, 2.05) is 6.92 Å². The number of ether oxygens (including phenoxy) is 1. The summed E-state index contributed by atoms with van der Waals surface area (Å²) in [6.07, 6.45) is 3.23. The summed E-state index contributed by atoms with van der Waals surface area (Å²) in [7, 11) is 0. The van der Waals surface area contributed by atoms with Gasteiger partial charge in [-0.3, -0.25) is 4.79 Å². The van der Waals surface area contributed by atoms with Crippen molar-refractivity contribution in [3.8, 4) is 0 Å². The molecule has 0 bridgehead atoms. The van der Waals surface area contributed by atoms with Crippen LogP contribution in [0.25, 0.3) is 0 Å². The van der Waals surface area contributed by atoms with Crippen molar-refractivity contribution in [1.29, 1.82) is 0 Å². The molecular formula is C22H28N2O3. The van der Waals surface area contributed by atoms with Gasteiger partial charge < -0.3 is 15.0 Å². The molecule has 1 aromatic carbocycles. The van der Waals surface area contributed by atoms with Crippen LogP contribution in [0, 0.1) is 13.8 Å². The van der Waals surface area contributed by atoms with Gasteiger partial charge in [-0.15, -0.1) is 0 Å². The number of esters is 1. The van der Waals surface area contributed by atoms with Crippen molar-refractivity contribution in [2.24, 2.45) is 0 Å². The Hall–Kier alpha value is -2.40. The molecule has 1 aliphatic carbocycles. The maximum atomic E-state index is 13.1. The van der Waals surface area contributed by atoms with Crippen LogP contribution in [0.4, 0.5) is 0 Å². The van der Waals surface area contributed by atoms with Crippen LogP contribution in [-0.2, 0) is 11.2 Å². The first kappa shape index (κ1) is 19.4. The van der Waals surface area contributed by atoms with Gasteiger partial charge >= 0.3 is 5.97 Å². The van der Waals surface area contributed by atoms with Crippen LogP contribution >= 0.6 is 0 Å². The van der Waals surface area contributed by atoms with Gasteiger partial charge in [0.25, 0.3) is 0 Å². The maximum Gasteiger partial charge on any atom is 0.340 e. The molecule has 3 rings (SSSR count). The molecule has 0 radical (unpaired) electrons. The van der Waals surface area contributed by atoms with Crippen molar-refractivity contribution >= 4 is 11.8 Å². The lowest BCUT2D eigenvalue weighted by Gasteiger charge is -2.28. The highest BCUT2D eigenvalue weighted by atomic mass is 16.5. The van der Waals surface area contributed by atoms with E-state index in [1.54, 1.807) is 20.8 Å². The SMILES string of the molecule is CCOC(=O)c1c(C)[nH]c(C(=O)[C@@H](C)N[C@@H]2CCCc3ccccc32)c1C. The highest BCUT2D eigenvalue weighted by molar-refractivity contribution is 6.03. The van der Waals surface area contributed by atoms with Crippen molar-refractivity contribution < 1.29 is 14.3 Å². The zero-order valence-corrected chi connectivity index (χ0v) is 16.5. The molecule has 1 heterocycles. The number of nitrogens with one attached hydrogen (secondary N) is 2. The molecule has 2 N–H and O–H groups in total. The zero-order valence-electron chi connectivity index (χ0n) is 16.5. The summed E-state index contributed by atoms with van der Waals surface area (Å²) in [4.78, 5) is 28.3. The maximum absolute atomic E-state index is 13.1. The third kappa shape index (κ3) is 3.83. The summed E-state index contributed by atoms with van der Waals surface area (Å²) in [6.45, 7) is 7.57. The lowest BCUT2D eigenvalue weighted by molar-refractivity contribution is 0.0525. The van der Waals surface area contributed by atoms with E-state index in [1.165, 1.54) is 11.1 Å². The number of fused-ring (bicyclic) bond motifs is 1. The van der Waals surface area contributed by atoms with Crippen LogP contribution < -0.4 is 5.32 Å². The first-order chi connectivity index (χ1) is 12.9. The first-order valence-electron chi connectivity index (χ1n) is 9.68. The molecular weight excluding hydrogens is 340 g/mol. The highest BCUT2D eigenvalue weighted by Gasteiger charge is 2.28. The Balaban J connectivity index is 1.79. The second-order valence-electron chi connectivity index (χ2n) is 7.24. The first-order valence-corrected chi connectivity index (χ1v) is 9.68.